The fourth-order valence-corrected chi connectivity index (χ4v) is 2.07. The molecule has 2 aromatic carbocycles. The Bertz CT molecular complexity index is 840. The second-order valence-electron chi connectivity index (χ2n) is 5.09. The van der Waals surface area contributed by atoms with Crippen molar-refractivity contribution in [3.05, 3.63) is 57.6 Å². The van der Waals surface area contributed by atoms with Crippen LogP contribution in [0.5, 0.6) is 11.5 Å². The summed E-state index contributed by atoms with van der Waals surface area (Å²) in [4.78, 5) is 33.9. The molecule has 2 aromatic rings. The summed E-state index contributed by atoms with van der Waals surface area (Å²) >= 11 is 5.73. The average Bonchev–Trinajstić information content (AvgIpc) is 2.66. The monoisotopic (exact) mass is 394 g/mol. The Kier molecular flexibility index (Phi) is 6.95. The molecule has 0 unspecified atom stereocenters. The molecule has 142 valence electrons. The summed E-state index contributed by atoms with van der Waals surface area (Å²) in [6.45, 7) is -1.02. The van der Waals surface area contributed by atoms with Gasteiger partial charge in [0.1, 0.15) is 17.2 Å². The lowest BCUT2D eigenvalue weighted by atomic mass is 10.2. The number of methoxy groups -OCH3 is 1. The van der Waals surface area contributed by atoms with Crippen LogP contribution in [0.15, 0.2) is 42.5 Å². The molecule has 0 aliphatic carbocycles. The molecule has 0 spiro atoms. The van der Waals surface area contributed by atoms with Gasteiger partial charge in [0.05, 0.1) is 18.1 Å². The van der Waals surface area contributed by atoms with E-state index in [-0.39, 0.29) is 17.1 Å². The quantitative estimate of drug-likeness (QED) is 0.415. The van der Waals surface area contributed by atoms with Crippen molar-refractivity contribution in [1.82, 2.24) is 0 Å². The lowest BCUT2D eigenvalue weighted by Gasteiger charge is -2.09. The molecule has 2 rings (SSSR count). The summed E-state index contributed by atoms with van der Waals surface area (Å²) in [5, 5.41) is 13.9. The number of halogens is 1. The Hall–Kier alpha value is -3.33. The number of rotatable bonds is 8. The van der Waals surface area contributed by atoms with Crippen LogP contribution < -0.4 is 14.8 Å². The number of esters is 1. The number of ether oxygens (including phenoxy) is 3. The van der Waals surface area contributed by atoms with E-state index in [2.05, 4.69) is 5.32 Å². The van der Waals surface area contributed by atoms with E-state index < -0.39 is 30.0 Å². The van der Waals surface area contributed by atoms with Crippen molar-refractivity contribution in [3.8, 4) is 11.5 Å². The van der Waals surface area contributed by atoms with Crippen molar-refractivity contribution in [2.24, 2.45) is 0 Å². The summed E-state index contributed by atoms with van der Waals surface area (Å²) in [6, 6.07) is 10.3. The minimum Gasteiger partial charge on any atom is -0.496 e. The van der Waals surface area contributed by atoms with E-state index in [0.717, 1.165) is 0 Å². The first-order valence-electron chi connectivity index (χ1n) is 7.55. The molecule has 0 fully saturated rings. The van der Waals surface area contributed by atoms with Crippen LogP contribution in [0.1, 0.15) is 0 Å². The average molecular weight is 395 g/mol. The molecule has 27 heavy (non-hydrogen) atoms. The van der Waals surface area contributed by atoms with Gasteiger partial charge >= 0.3 is 5.97 Å². The molecular formula is C17H15ClN2O7. The van der Waals surface area contributed by atoms with Crippen LogP contribution in [0.25, 0.3) is 0 Å². The molecule has 0 saturated heterocycles. The predicted molar refractivity (Wildman–Crippen MR) is 96.2 cm³/mol. The van der Waals surface area contributed by atoms with Crippen LogP contribution in [-0.2, 0) is 14.3 Å². The zero-order chi connectivity index (χ0) is 19.8. The fourth-order valence-electron chi connectivity index (χ4n) is 1.94. The van der Waals surface area contributed by atoms with Crippen molar-refractivity contribution in [3.63, 3.8) is 0 Å². The summed E-state index contributed by atoms with van der Waals surface area (Å²) < 4.78 is 14.9. The van der Waals surface area contributed by atoms with E-state index >= 15 is 0 Å². The Labute approximate surface area is 158 Å². The topological polar surface area (TPSA) is 117 Å². The van der Waals surface area contributed by atoms with Gasteiger partial charge < -0.3 is 19.5 Å². The Balaban J connectivity index is 1.84. The molecule has 0 aliphatic heterocycles. The number of hydrogen-bond acceptors (Lipinski definition) is 7. The summed E-state index contributed by atoms with van der Waals surface area (Å²) in [5.74, 6) is -0.826. The van der Waals surface area contributed by atoms with Gasteiger partial charge in [-0.15, -0.1) is 0 Å². The lowest BCUT2D eigenvalue weighted by Crippen LogP contribution is -2.24. The number of carbonyl (C=O) groups excluding carboxylic acids is 2. The minimum absolute atomic E-state index is 0.0423. The van der Waals surface area contributed by atoms with Crippen molar-refractivity contribution < 1.29 is 28.7 Å². The van der Waals surface area contributed by atoms with Gasteiger partial charge in [-0.3, -0.25) is 14.9 Å². The normalized spacial score (nSPS) is 10.0. The highest BCUT2D eigenvalue weighted by Crippen LogP contribution is 2.28. The number of hydrogen-bond donors (Lipinski definition) is 1. The third-order valence-corrected chi connectivity index (χ3v) is 3.46. The molecule has 0 aliphatic rings. The van der Waals surface area contributed by atoms with Crippen LogP contribution in [0.2, 0.25) is 5.02 Å². The SMILES string of the molecule is COc1ccc(NC(=O)COC(=O)COc2ccc(Cl)cc2)c([N+](=O)[O-])c1. The zero-order valence-electron chi connectivity index (χ0n) is 14.1. The van der Waals surface area contributed by atoms with Gasteiger partial charge in [0.25, 0.3) is 11.6 Å². The van der Waals surface area contributed by atoms with E-state index in [9.17, 15) is 19.7 Å². The first-order chi connectivity index (χ1) is 12.9. The summed E-state index contributed by atoms with van der Waals surface area (Å²) in [7, 11) is 1.36. The number of carbonyl (C=O) groups is 2. The molecule has 0 heterocycles. The Morgan fingerprint density at radius 1 is 1.11 bits per heavy atom. The van der Waals surface area contributed by atoms with Crippen LogP contribution in [0.4, 0.5) is 11.4 Å². The number of nitrogens with one attached hydrogen (secondary N) is 1. The van der Waals surface area contributed by atoms with Gasteiger partial charge in [-0.2, -0.15) is 0 Å². The third-order valence-electron chi connectivity index (χ3n) is 3.21. The van der Waals surface area contributed by atoms with Crippen LogP contribution in [-0.4, -0.2) is 37.1 Å². The molecule has 1 N–H and O–H groups in total. The first kappa shape index (κ1) is 20.0. The van der Waals surface area contributed by atoms with Crippen molar-refractivity contribution in [2.45, 2.75) is 0 Å². The number of nitro groups is 1. The predicted octanol–water partition coefficient (Wildman–Crippen LogP) is 2.82. The molecular weight excluding hydrogens is 380 g/mol. The van der Waals surface area contributed by atoms with E-state index in [4.69, 9.17) is 25.8 Å². The second kappa shape index (κ2) is 9.39. The molecule has 0 saturated carbocycles. The van der Waals surface area contributed by atoms with E-state index in [1.54, 1.807) is 24.3 Å². The maximum atomic E-state index is 11.9. The molecule has 1 amide bonds. The second-order valence-corrected chi connectivity index (χ2v) is 5.53. The zero-order valence-corrected chi connectivity index (χ0v) is 14.9. The highest BCUT2D eigenvalue weighted by Gasteiger charge is 2.18. The van der Waals surface area contributed by atoms with E-state index in [1.807, 2.05) is 0 Å². The number of anilines is 1. The van der Waals surface area contributed by atoms with E-state index in [0.29, 0.717) is 10.8 Å². The van der Waals surface area contributed by atoms with Crippen LogP contribution in [0, 0.1) is 10.1 Å². The maximum Gasteiger partial charge on any atom is 0.344 e. The van der Waals surface area contributed by atoms with Gasteiger partial charge in [0.2, 0.25) is 0 Å². The smallest absolute Gasteiger partial charge is 0.344 e. The Morgan fingerprint density at radius 2 is 1.78 bits per heavy atom. The molecule has 10 heteroatoms. The maximum absolute atomic E-state index is 11.9. The van der Waals surface area contributed by atoms with Crippen molar-refractivity contribution in [2.75, 3.05) is 25.6 Å². The molecule has 0 atom stereocenters. The number of nitrogens with zero attached hydrogens (tertiary/aromatic N) is 1. The largest absolute Gasteiger partial charge is 0.496 e. The first-order valence-corrected chi connectivity index (χ1v) is 7.93. The van der Waals surface area contributed by atoms with E-state index in [1.165, 1.54) is 25.3 Å². The van der Waals surface area contributed by atoms with Crippen LogP contribution >= 0.6 is 11.6 Å². The summed E-state index contributed by atoms with van der Waals surface area (Å²) in [5.41, 5.74) is -0.389. The minimum atomic E-state index is -0.774. The lowest BCUT2D eigenvalue weighted by molar-refractivity contribution is -0.384. The molecule has 9 nitrogen and oxygen atoms in total. The van der Waals surface area contributed by atoms with Crippen LogP contribution in [0.3, 0.4) is 0 Å². The fraction of sp³-hybridized carbons (Fsp3) is 0.176. The number of nitro benzene ring substituents is 1. The van der Waals surface area contributed by atoms with Gasteiger partial charge in [0.15, 0.2) is 13.2 Å². The van der Waals surface area contributed by atoms with Gasteiger partial charge in [0, 0.05) is 5.02 Å². The molecule has 0 radical (unpaired) electrons. The Morgan fingerprint density at radius 3 is 2.41 bits per heavy atom. The number of amides is 1. The third kappa shape index (κ3) is 6.15. The standard InChI is InChI=1S/C17H15ClN2O7/c1-25-13-6-7-14(15(8-13)20(23)24)19-16(21)9-27-17(22)10-26-12-4-2-11(18)3-5-12/h2-8H,9-10H2,1H3,(H,19,21). The highest BCUT2D eigenvalue weighted by molar-refractivity contribution is 6.30. The van der Waals surface area contributed by atoms with Crippen molar-refractivity contribution >= 4 is 34.9 Å². The molecule has 0 aromatic heterocycles. The number of benzene rings is 2. The molecule has 0 bridgehead atoms. The van der Waals surface area contributed by atoms with Gasteiger partial charge in [-0.1, -0.05) is 11.6 Å². The summed E-state index contributed by atoms with van der Waals surface area (Å²) in [6.07, 6.45) is 0. The van der Waals surface area contributed by atoms with Crippen molar-refractivity contribution in [1.29, 1.82) is 0 Å². The highest BCUT2D eigenvalue weighted by atomic mass is 35.5. The van der Waals surface area contributed by atoms with Gasteiger partial charge in [-0.05, 0) is 36.4 Å². The van der Waals surface area contributed by atoms with Gasteiger partial charge in [-0.25, -0.2) is 4.79 Å².